The van der Waals surface area contributed by atoms with Gasteiger partial charge in [0, 0.05) is 11.1 Å². The first-order chi connectivity index (χ1) is 5.27. The molecule has 0 saturated heterocycles. The van der Waals surface area contributed by atoms with Crippen LogP contribution in [0.4, 0.5) is 5.69 Å². The van der Waals surface area contributed by atoms with Gasteiger partial charge in [-0.05, 0) is 18.6 Å². The molecule has 2 nitrogen and oxygen atoms in total. The van der Waals surface area contributed by atoms with E-state index in [1.807, 2.05) is 19.1 Å². The number of hydrogen-bond donors (Lipinski definition) is 1. The molecule has 0 aromatic heterocycles. The largest absolute Gasteiger partial charge is 0.471 e. The van der Waals surface area contributed by atoms with Gasteiger partial charge in [-0.25, -0.2) is 0 Å². The maximum Gasteiger partial charge on any atom is 0.159 e. The summed E-state index contributed by atoms with van der Waals surface area (Å²) in [6.07, 6.45) is 0. The van der Waals surface area contributed by atoms with Crippen molar-refractivity contribution in [3.63, 3.8) is 0 Å². The Morgan fingerprint density at radius 1 is 1.55 bits per heavy atom. The molecule has 0 aliphatic carbocycles. The molecule has 1 aromatic rings. The molecule has 1 aromatic carbocycles. The van der Waals surface area contributed by atoms with Crippen molar-refractivity contribution in [1.29, 1.82) is 0 Å². The average molecular weight is 170 g/mol. The average Bonchev–Trinajstić information content (AvgIpc) is 2.36. The first-order valence-electron chi connectivity index (χ1n) is 3.44. The second kappa shape index (κ2) is 2.31. The number of halogens is 1. The summed E-state index contributed by atoms with van der Waals surface area (Å²) in [4.78, 5) is 0. The number of aryl methyl sites for hydroxylation is 1. The number of rotatable bonds is 0. The molecule has 0 radical (unpaired) electrons. The van der Waals surface area contributed by atoms with E-state index in [-0.39, 0.29) is 0 Å². The van der Waals surface area contributed by atoms with Crippen LogP contribution in [0.2, 0.25) is 5.02 Å². The Morgan fingerprint density at radius 3 is 3.18 bits per heavy atom. The van der Waals surface area contributed by atoms with Crippen molar-refractivity contribution >= 4 is 17.3 Å². The molecule has 0 atom stereocenters. The number of fused-ring (bicyclic) bond motifs is 1. The summed E-state index contributed by atoms with van der Waals surface area (Å²) in [5, 5.41) is 3.84. The van der Waals surface area contributed by atoms with E-state index in [1.165, 1.54) is 0 Å². The zero-order valence-electron chi connectivity index (χ0n) is 6.15. The van der Waals surface area contributed by atoms with Crippen LogP contribution in [0.5, 0.6) is 5.75 Å². The third-order valence-electron chi connectivity index (χ3n) is 1.75. The predicted octanol–water partition coefficient (Wildman–Crippen LogP) is 2.41. The Balaban J connectivity index is 2.57. The third-order valence-corrected chi connectivity index (χ3v) is 2.16. The Morgan fingerprint density at radius 2 is 2.36 bits per heavy atom. The summed E-state index contributed by atoms with van der Waals surface area (Å²) in [7, 11) is 0. The first kappa shape index (κ1) is 6.80. The van der Waals surface area contributed by atoms with Crippen molar-refractivity contribution in [2.75, 3.05) is 12.0 Å². The zero-order valence-corrected chi connectivity index (χ0v) is 6.90. The fourth-order valence-corrected chi connectivity index (χ4v) is 1.27. The van der Waals surface area contributed by atoms with E-state index in [0.29, 0.717) is 6.73 Å². The monoisotopic (exact) mass is 169 g/mol. The second-order valence-electron chi connectivity index (χ2n) is 2.56. The maximum absolute atomic E-state index is 5.88. The highest BCUT2D eigenvalue weighted by molar-refractivity contribution is 6.31. The molecule has 3 heteroatoms. The minimum atomic E-state index is 0.551. The quantitative estimate of drug-likeness (QED) is 0.644. The van der Waals surface area contributed by atoms with Gasteiger partial charge in [-0.1, -0.05) is 11.6 Å². The molecule has 2 rings (SSSR count). The molecule has 0 amide bonds. The van der Waals surface area contributed by atoms with Gasteiger partial charge in [-0.2, -0.15) is 0 Å². The van der Waals surface area contributed by atoms with E-state index in [0.717, 1.165) is 22.0 Å². The lowest BCUT2D eigenvalue weighted by molar-refractivity contribution is 0.372. The molecule has 0 unspecified atom stereocenters. The van der Waals surface area contributed by atoms with Crippen LogP contribution in [0.1, 0.15) is 5.56 Å². The molecule has 58 valence electrons. The number of hydrogen-bond acceptors (Lipinski definition) is 2. The Hall–Kier alpha value is -0.890. The van der Waals surface area contributed by atoms with Gasteiger partial charge in [0.25, 0.3) is 0 Å². The summed E-state index contributed by atoms with van der Waals surface area (Å²) in [6, 6.07) is 3.83. The minimum Gasteiger partial charge on any atom is -0.471 e. The first-order valence-corrected chi connectivity index (χ1v) is 3.82. The third kappa shape index (κ3) is 1.03. The highest BCUT2D eigenvalue weighted by Crippen LogP contribution is 2.33. The van der Waals surface area contributed by atoms with Gasteiger partial charge >= 0.3 is 0 Å². The van der Waals surface area contributed by atoms with Crippen molar-refractivity contribution in [2.24, 2.45) is 0 Å². The van der Waals surface area contributed by atoms with E-state index in [2.05, 4.69) is 5.32 Å². The van der Waals surface area contributed by atoms with Gasteiger partial charge in [-0.3, -0.25) is 0 Å². The maximum atomic E-state index is 5.88. The number of nitrogens with one attached hydrogen (secondary N) is 1. The van der Waals surface area contributed by atoms with Crippen LogP contribution < -0.4 is 10.1 Å². The summed E-state index contributed by atoms with van der Waals surface area (Å²) < 4.78 is 5.24. The van der Waals surface area contributed by atoms with Gasteiger partial charge in [0.2, 0.25) is 0 Å². The molecule has 0 fully saturated rings. The van der Waals surface area contributed by atoms with Crippen LogP contribution in [-0.4, -0.2) is 6.73 Å². The van der Waals surface area contributed by atoms with Gasteiger partial charge in [0.05, 0.1) is 5.69 Å². The van der Waals surface area contributed by atoms with Crippen LogP contribution in [0.25, 0.3) is 0 Å². The van der Waals surface area contributed by atoms with E-state index >= 15 is 0 Å². The van der Waals surface area contributed by atoms with E-state index in [9.17, 15) is 0 Å². The zero-order chi connectivity index (χ0) is 7.84. The van der Waals surface area contributed by atoms with Gasteiger partial charge < -0.3 is 10.1 Å². The summed E-state index contributed by atoms with van der Waals surface area (Å²) in [5.74, 6) is 0.848. The van der Waals surface area contributed by atoms with E-state index in [1.54, 1.807) is 0 Å². The molecular formula is C8H8ClNO. The molecule has 1 heterocycles. The van der Waals surface area contributed by atoms with E-state index < -0.39 is 0 Å². The van der Waals surface area contributed by atoms with Crippen LogP contribution in [0, 0.1) is 6.92 Å². The van der Waals surface area contributed by atoms with Crippen molar-refractivity contribution < 1.29 is 4.74 Å². The van der Waals surface area contributed by atoms with Gasteiger partial charge in [0.15, 0.2) is 6.73 Å². The lowest BCUT2D eigenvalue weighted by Gasteiger charge is -2.00. The summed E-state index contributed by atoms with van der Waals surface area (Å²) >= 11 is 5.88. The number of ether oxygens (including phenoxy) is 1. The standard InChI is InChI=1S/C8H8ClNO/c1-5-2-7-8(3-6(5)9)11-4-10-7/h2-3,10H,4H2,1H3. The fourth-order valence-electron chi connectivity index (χ4n) is 1.11. The molecule has 0 spiro atoms. The van der Waals surface area contributed by atoms with Crippen molar-refractivity contribution in [3.05, 3.63) is 22.7 Å². The second-order valence-corrected chi connectivity index (χ2v) is 2.97. The van der Waals surface area contributed by atoms with Crippen LogP contribution in [0.15, 0.2) is 12.1 Å². The molecule has 0 saturated carbocycles. The molecule has 11 heavy (non-hydrogen) atoms. The van der Waals surface area contributed by atoms with Gasteiger partial charge in [-0.15, -0.1) is 0 Å². The topological polar surface area (TPSA) is 21.3 Å². The Bertz CT molecular complexity index is 269. The number of anilines is 1. The Labute approximate surface area is 70.1 Å². The summed E-state index contributed by atoms with van der Waals surface area (Å²) in [5.41, 5.74) is 2.11. The molecule has 0 bridgehead atoms. The highest BCUT2D eigenvalue weighted by Gasteiger charge is 2.11. The normalized spacial score (nSPS) is 13.6. The highest BCUT2D eigenvalue weighted by atomic mass is 35.5. The van der Waals surface area contributed by atoms with Crippen molar-refractivity contribution in [2.45, 2.75) is 6.92 Å². The van der Waals surface area contributed by atoms with Crippen molar-refractivity contribution in [3.8, 4) is 5.75 Å². The Kier molecular flexibility index (Phi) is 1.43. The van der Waals surface area contributed by atoms with Crippen molar-refractivity contribution in [1.82, 2.24) is 0 Å². The molecule has 1 aliphatic rings. The van der Waals surface area contributed by atoms with Crippen LogP contribution in [-0.2, 0) is 0 Å². The SMILES string of the molecule is Cc1cc2c(cc1Cl)OCN2. The van der Waals surface area contributed by atoms with Crippen LogP contribution in [0.3, 0.4) is 0 Å². The molecular weight excluding hydrogens is 162 g/mol. The molecule has 1 aliphatic heterocycles. The lowest BCUT2D eigenvalue weighted by atomic mass is 10.2. The summed E-state index contributed by atoms with van der Waals surface area (Å²) in [6.45, 7) is 2.53. The smallest absolute Gasteiger partial charge is 0.159 e. The lowest BCUT2D eigenvalue weighted by Crippen LogP contribution is -1.96. The van der Waals surface area contributed by atoms with Gasteiger partial charge in [0.1, 0.15) is 5.75 Å². The molecule has 1 N–H and O–H groups in total. The van der Waals surface area contributed by atoms with E-state index in [4.69, 9.17) is 16.3 Å². The minimum absolute atomic E-state index is 0.551. The predicted molar refractivity (Wildman–Crippen MR) is 45.3 cm³/mol. The number of benzene rings is 1. The fraction of sp³-hybridized carbons (Fsp3) is 0.250. The van der Waals surface area contributed by atoms with Crippen LogP contribution >= 0.6 is 11.6 Å².